The largest absolute Gasteiger partial charge is 0.504 e. The van der Waals surface area contributed by atoms with Crippen molar-refractivity contribution in [2.24, 2.45) is 0 Å². The molecule has 0 saturated carbocycles. The van der Waals surface area contributed by atoms with Gasteiger partial charge >= 0.3 is 0 Å². The number of para-hydroxylation sites is 3. The first kappa shape index (κ1) is 26.7. The van der Waals surface area contributed by atoms with Gasteiger partial charge in [-0.25, -0.2) is 0 Å². The molecule has 0 fully saturated rings. The summed E-state index contributed by atoms with van der Waals surface area (Å²) in [5.41, 5.74) is 2.34. The molecule has 188 valence electrons. The highest BCUT2D eigenvalue weighted by atomic mass is 16.5. The van der Waals surface area contributed by atoms with Gasteiger partial charge in [0.2, 0.25) is 5.75 Å². The molecule has 3 nitrogen and oxygen atoms in total. The fourth-order valence-corrected chi connectivity index (χ4v) is 4.37. The lowest BCUT2D eigenvalue weighted by Crippen LogP contribution is -1.97. The van der Waals surface area contributed by atoms with E-state index in [-0.39, 0.29) is 5.75 Å². The van der Waals surface area contributed by atoms with Crippen LogP contribution in [-0.4, -0.2) is 5.11 Å². The van der Waals surface area contributed by atoms with Gasteiger partial charge in [-0.2, -0.15) is 0 Å². The molecule has 0 amide bonds. The maximum atomic E-state index is 10.7. The third kappa shape index (κ3) is 8.65. The third-order valence-corrected chi connectivity index (χ3v) is 6.43. The van der Waals surface area contributed by atoms with Crippen LogP contribution in [0.4, 0.5) is 0 Å². The molecular weight excluding hydrogens is 432 g/mol. The van der Waals surface area contributed by atoms with E-state index in [1.165, 1.54) is 56.9 Å². The molecule has 3 heteroatoms. The third-order valence-electron chi connectivity index (χ3n) is 6.43. The van der Waals surface area contributed by atoms with E-state index in [0.29, 0.717) is 11.5 Å². The molecule has 0 aromatic heterocycles. The van der Waals surface area contributed by atoms with Crippen LogP contribution < -0.4 is 9.47 Å². The molecule has 0 heterocycles. The molecule has 3 aromatic carbocycles. The summed E-state index contributed by atoms with van der Waals surface area (Å²) in [6.07, 6.45) is 14.3. The molecule has 0 spiro atoms. The summed E-state index contributed by atoms with van der Waals surface area (Å²) < 4.78 is 12.7. The number of ether oxygens (including phenoxy) is 2. The fraction of sp³-hybridized carbons (Fsp3) is 0.438. The second kappa shape index (κ2) is 15.1. The first-order valence-corrected chi connectivity index (χ1v) is 13.6. The zero-order valence-electron chi connectivity index (χ0n) is 21.6. The summed E-state index contributed by atoms with van der Waals surface area (Å²) in [6.45, 7) is 4.48. The summed E-state index contributed by atoms with van der Waals surface area (Å²) in [4.78, 5) is 0. The van der Waals surface area contributed by atoms with Gasteiger partial charge in [0.25, 0.3) is 0 Å². The Morgan fingerprint density at radius 3 is 1.57 bits per heavy atom. The predicted octanol–water partition coefficient (Wildman–Crippen LogP) is 10.0. The molecule has 3 rings (SSSR count). The van der Waals surface area contributed by atoms with E-state index in [9.17, 15) is 5.11 Å². The van der Waals surface area contributed by atoms with Crippen LogP contribution in [-0.2, 0) is 12.8 Å². The number of hydrogen-bond donors (Lipinski definition) is 1. The number of benzene rings is 3. The molecule has 0 saturated heterocycles. The monoisotopic (exact) mass is 474 g/mol. The SMILES string of the molecule is CCCCCCCc1ccccc1Oc1cccc(O)c1Oc1ccccc1CCCCCCC. The molecule has 1 N–H and O–H groups in total. The Kier molecular flexibility index (Phi) is 11.5. The van der Waals surface area contributed by atoms with Crippen molar-refractivity contribution >= 4 is 0 Å². The summed E-state index contributed by atoms with van der Waals surface area (Å²) >= 11 is 0. The number of rotatable bonds is 16. The van der Waals surface area contributed by atoms with E-state index in [1.54, 1.807) is 12.1 Å². The lowest BCUT2D eigenvalue weighted by Gasteiger charge is -2.17. The number of aryl methyl sites for hydroxylation is 2. The Bertz CT molecular complexity index is 1010. The molecule has 0 atom stereocenters. The first-order chi connectivity index (χ1) is 17.2. The normalized spacial score (nSPS) is 10.9. The lowest BCUT2D eigenvalue weighted by molar-refractivity contribution is 0.377. The standard InChI is InChI=1S/C32H42O3/c1-3-5-7-9-11-18-26-20-13-15-23-29(26)34-31-25-17-22-28(33)32(31)35-30-24-16-14-21-27(30)19-12-10-8-6-4-2/h13-17,20-25,33H,3-12,18-19H2,1-2H3. The summed E-state index contributed by atoms with van der Waals surface area (Å²) in [5.74, 6) is 2.57. The predicted molar refractivity (Wildman–Crippen MR) is 146 cm³/mol. The minimum absolute atomic E-state index is 0.0808. The van der Waals surface area contributed by atoms with E-state index in [4.69, 9.17) is 9.47 Å². The van der Waals surface area contributed by atoms with Crippen LogP contribution in [0.5, 0.6) is 28.7 Å². The Morgan fingerprint density at radius 1 is 0.514 bits per heavy atom. The highest BCUT2D eigenvalue weighted by Crippen LogP contribution is 2.43. The Balaban J connectivity index is 1.73. The van der Waals surface area contributed by atoms with Crippen molar-refractivity contribution in [3.05, 3.63) is 77.9 Å². The smallest absolute Gasteiger partial charge is 0.211 e. The summed E-state index contributed by atoms with van der Waals surface area (Å²) in [6, 6.07) is 21.6. The molecule has 0 aliphatic rings. The van der Waals surface area contributed by atoms with Crippen molar-refractivity contribution in [1.82, 2.24) is 0 Å². The van der Waals surface area contributed by atoms with E-state index in [1.807, 2.05) is 36.4 Å². The van der Waals surface area contributed by atoms with Crippen molar-refractivity contribution in [1.29, 1.82) is 0 Å². The Labute approximate surface area is 212 Å². The van der Waals surface area contributed by atoms with Gasteiger partial charge in [0.1, 0.15) is 11.5 Å². The molecule has 0 radical (unpaired) electrons. The number of phenols is 1. The second-order valence-electron chi connectivity index (χ2n) is 9.35. The zero-order chi connectivity index (χ0) is 24.7. The first-order valence-electron chi connectivity index (χ1n) is 13.6. The van der Waals surface area contributed by atoms with Crippen molar-refractivity contribution in [3.8, 4) is 28.7 Å². The Hall–Kier alpha value is -2.94. The van der Waals surface area contributed by atoms with Crippen LogP contribution in [0.1, 0.15) is 89.2 Å². The summed E-state index contributed by atoms with van der Waals surface area (Å²) in [5, 5.41) is 10.7. The molecule has 0 bridgehead atoms. The summed E-state index contributed by atoms with van der Waals surface area (Å²) in [7, 11) is 0. The van der Waals surface area contributed by atoms with Gasteiger partial charge in [0, 0.05) is 0 Å². The van der Waals surface area contributed by atoms with Gasteiger partial charge in [0.05, 0.1) is 0 Å². The van der Waals surface area contributed by atoms with Crippen LogP contribution in [0, 0.1) is 0 Å². The zero-order valence-corrected chi connectivity index (χ0v) is 21.6. The second-order valence-corrected chi connectivity index (χ2v) is 9.35. The van der Waals surface area contributed by atoms with Crippen molar-refractivity contribution in [2.75, 3.05) is 0 Å². The topological polar surface area (TPSA) is 38.7 Å². The fourth-order valence-electron chi connectivity index (χ4n) is 4.37. The number of aromatic hydroxyl groups is 1. The number of unbranched alkanes of at least 4 members (excludes halogenated alkanes) is 8. The van der Waals surface area contributed by atoms with Crippen molar-refractivity contribution < 1.29 is 14.6 Å². The van der Waals surface area contributed by atoms with E-state index >= 15 is 0 Å². The van der Waals surface area contributed by atoms with Crippen LogP contribution >= 0.6 is 0 Å². The maximum Gasteiger partial charge on any atom is 0.211 e. The average Bonchev–Trinajstić information content (AvgIpc) is 2.87. The minimum atomic E-state index is 0.0808. The highest BCUT2D eigenvalue weighted by molar-refractivity contribution is 5.55. The number of hydrogen-bond acceptors (Lipinski definition) is 3. The van der Waals surface area contributed by atoms with E-state index < -0.39 is 0 Å². The van der Waals surface area contributed by atoms with Crippen LogP contribution in [0.15, 0.2) is 66.7 Å². The molecule has 35 heavy (non-hydrogen) atoms. The van der Waals surface area contributed by atoms with Gasteiger partial charge in [-0.3, -0.25) is 0 Å². The highest BCUT2D eigenvalue weighted by Gasteiger charge is 2.16. The van der Waals surface area contributed by atoms with Crippen LogP contribution in [0.25, 0.3) is 0 Å². The van der Waals surface area contributed by atoms with E-state index in [0.717, 1.165) is 42.7 Å². The molecule has 0 aliphatic carbocycles. The Morgan fingerprint density at radius 2 is 1.00 bits per heavy atom. The van der Waals surface area contributed by atoms with Gasteiger partial charge in [-0.1, -0.05) is 108 Å². The molecular formula is C32H42O3. The van der Waals surface area contributed by atoms with Crippen molar-refractivity contribution in [3.63, 3.8) is 0 Å². The van der Waals surface area contributed by atoms with Gasteiger partial charge in [-0.05, 0) is 61.1 Å². The maximum absolute atomic E-state index is 10.7. The van der Waals surface area contributed by atoms with Crippen LogP contribution in [0.2, 0.25) is 0 Å². The number of phenolic OH excluding ortho intramolecular Hbond substituents is 1. The average molecular weight is 475 g/mol. The quantitative estimate of drug-likeness (QED) is 0.210. The van der Waals surface area contributed by atoms with Crippen molar-refractivity contribution in [2.45, 2.75) is 90.9 Å². The molecule has 0 unspecified atom stereocenters. The van der Waals surface area contributed by atoms with E-state index in [2.05, 4.69) is 32.0 Å². The molecule has 0 aliphatic heterocycles. The van der Waals surface area contributed by atoms with Gasteiger partial charge in [0.15, 0.2) is 11.5 Å². The van der Waals surface area contributed by atoms with Gasteiger partial charge in [-0.15, -0.1) is 0 Å². The minimum Gasteiger partial charge on any atom is -0.504 e. The van der Waals surface area contributed by atoms with Crippen LogP contribution in [0.3, 0.4) is 0 Å². The van der Waals surface area contributed by atoms with Gasteiger partial charge < -0.3 is 14.6 Å². The lowest BCUT2D eigenvalue weighted by atomic mass is 10.0. The molecule has 3 aromatic rings.